The lowest BCUT2D eigenvalue weighted by molar-refractivity contribution is -0.150. The van der Waals surface area contributed by atoms with Gasteiger partial charge in [-0.1, -0.05) is 147 Å². The number of hydrogen-bond donors (Lipinski definition) is 3. The standard InChI is InChI=1S/C49H79ClO6/c1-4-7-8-9-10-11-12-13-14-15-16-17-18-21-27-38-36-39(48(54)55)32-33-40(38)45(26-5-2)56-47(53)31-23-20-19-22-28-41-42(44(51)37-43(41)50)29-24-30-46(52)49(6-3)34-25-35-49/h19,22,24,29,32-33,36,41-46,51-52H,4-18,20-21,23,25-28,30-31,34-35,37H2,1-3H3,(H,54,55)/b22-19-,29-24+/t41-,42-,43-,44-,45?,46+/m1/s1. The SMILES string of the molecule is CCCCCCCCCCCCCCCCc1cc(C(=O)O)ccc1C(CCC)OC(=O)CCC/C=C\C[C@@H]1[C@@H](/C=C/C[C@H](O)C2(CC)CCC2)[C@H](O)C[C@H]1Cl. The molecule has 3 N–H and O–H groups in total. The highest BCUT2D eigenvalue weighted by Crippen LogP contribution is 2.48. The summed E-state index contributed by atoms with van der Waals surface area (Å²) in [5, 5.41) is 31.2. The average Bonchev–Trinajstić information content (AvgIpc) is 3.43. The molecular weight excluding hydrogens is 720 g/mol. The first kappa shape index (κ1) is 48.2. The molecule has 1 aromatic carbocycles. The van der Waals surface area contributed by atoms with Crippen LogP contribution in [0.4, 0.5) is 0 Å². The molecule has 3 rings (SSSR count). The number of aryl methyl sites for hydroxylation is 1. The minimum absolute atomic E-state index is 0.0254. The number of ether oxygens (including phenoxy) is 1. The molecule has 56 heavy (non-hydrogen) atoms. The van der Waals surface area contributed by atoms with Crippen LogP contribution in [0.2, 0.25) is 0 Å². The molecule has 7 heteroatoms. The van der Waals surface area contributed by atoms with E-state index < -0.39 is 12.1 Å². The van der Waals surface area contributed by atoms with E-state index in [1.165, 1.54) is 83.5 Å². The fourth-order valence-corrected chi connectivity index (χ4v) is 9.56. The Balaban J connectivity index is 1.41. The van der Waals surface area contributed by atoms with Gasteiger partial charge in [-0.15, -0.1) is 11.6 Å². The summed E-state index contributed by atoms with van der Waals surface area (Å²) in [6.07, 6.45) is 35.8. The molecule has 0 aliphatic heterocycles. The predicted molar refractivity (Wildman–Crippen MR) is 232 cm³/mol. The van der Waals surface area contributed by atoms with Gasteiger partial charge in [0, 0.05) is 17.7 Å². The van der Waals surface area contributed by atoms with Crippen LogP contribution in [0.5, 0.6) is 0 Å². The molecule has 0 aromatic heterocycles. The van der Waals surface area contributed by atoms with Crippen LogP contribution in [0, 0.1) is 17.3 Å². The molecule has 0 amide bonds. The summed E-state index contributed by atoms with van der Waals surface area (Å²) in [6.45, 7) is 6.52. The van der Waals surface area contributed by atoms with Crippen molar-refractivity contribution >= 4 is 23.5 Å². The van der Waals surface area contributed by atoms with Gasteiger partial charge in [0.25, 0.3) is 0 Å². The van der Waals surface area contributed by atoms with Gasteiger partial charge in [-0.05, 0) is 105 Å². The van der Waals surface area contributed by atoms with Crippen molar-refractivity contribution in [1.82, 2.24) is 0 Å². The van der Waals surface area contributed by atoms with Crippen molar-refractivity contribution in [3.8, 4) is 0 Å². The predicted octanol–water partition coefficient (Wildman–Crippen LogP) is 13.4. The number of aliphatic hydroxyl groups excluding tert-OH is 2. The van der Waals surface area contributed by atoms with E-state index in [1.807, 2.05) is 6.07 Å². The summed E-state index contributed by atoms with van der Waals surface area (Å²) in [7, 11) is 0. The van der Waals surface area contributed by atoms with Crippen molar-refractivity contribution in [2.45, 2.75) is 218 Å². The summed E-state index contributed by atoms with van der Waals surface area (Å²) in [4.78, 5) is 24.9. The zero-order valence-corrected chi connectivity index (χ0v) is 36.3. The molecule has 0 spiro atoms. The first-order valence-electron chi connectivity index (χ1n) is 23.0. The molecular formula is C49H79ClO6. The largest absolute Gasteiger partial charge is 0.478 e. The fourth-order valence-electron chi connectivity index (χ4n) is 9.11. The molecule has 318 valence electrons. The van der Waals surface area contributed by atoms with Gasteiger partial charge >= 0.3 is 11.9 Å². The monoisotopic (exact) mass is 799 g/mol. The van der Waals surface area contributed by atoms with Gasteiger partial charge in [0.15, 0.2) is 0 Å². The highest BCUT2D eigenvalue weighted by atomic mass is 35.5. The number of halogens is 1. The maximum absolute atomic E-state index is 13.1. The topological polar surface area (TPSA) is 104 Å². The summed E-state index contributed by atoms with van der Waals surface area (Å²) < 4.78 is 6.08. The highest BCUT2D eigenvalue weighted by molar-refractivity contribution is 6.21. The number of benzene rings is 1. The van der Waals surface area contributed by atoms with Crippen LogP contribution in [0.25, 0.3) is 0 Å². The second kappa shape index (κ2) is 27.5. The van der Waals surface area contributed by atoms with Crippen LogP contribution in [-0.2, 0) is 16.0 Å². The molecule has 6 atom stereocenters. The average molecular weight is 800 g/mol. The van der Waals surface area contributed by atoms with Gasteiger partial charge in [-0.25, -0.2) is 4.79 Å². The van der Waals surface area contributed by atoms with Crippen LogP contribution in [0.3, 0.4) is 0 Å². The third-order valence-electron chi connectivity index (χ3n) is 13.0. The van der Waals surface area contributed by atoms with Crippen LogP contribution in [0.1, 0.15) is 215 Å². The Kier molecular flexibility index (Phi) is 23.7. The lowest BCUT2D eigenvalue weighted by Gasteiger charge is -2.45. The van der Waals surface area contributed by atoms with E-state index in [0.29, 0.717) is 32.1 Å². The second-order valence-electron chi connectivity index (χ2n) is 17.2. The first-order chi connectivity index (χ1) is 27.2. The number of hydrogen-bond acceptors (Lipinski definition) is 5. The number of esters is 1. The Bertz CT molecular complexity index is 1300. The van der Waals surface area contributed by atoms with E-state index in [9.17, 15) is 24.9 Å². The Morgan fingerprint density at radius 1 is 0.875 bits per heavy atom. The van der Waals surface area contributed by atoms with Crippen LogP contribution < -0.4 is 0 Å². The van der Waals surface area contributed by atoms with Crippen molar-refractivity contribution in [3.05, 3.63) is 59.2 Å². The molecule has 2 fully saturated rings. The van der Waals surface area contributed by atoms with Crippen LogP contribution in [-0.4, -0.2) is 44.8 Å². The number of carboxylic acid groups (broad SMARTS) is 1. The maximum atomic E-state index is 13.1. The van der Waals surface area contributed by atoms with Crippen molar-refractivity contribution in [3.63, 3.8) is 0 Å². The van der Waals surface area contributed by atoms with E-state index >= 15 is 0 Å². The lowest BCUT2D eigenvalue weighted by atomic mass is 9.63. The number of carbonyl (C=O) groups is 2. The van der Waals surface area contributed by atoms with Gasteiger partial charge < -0.3 is 20.1 Å². The third-order valence-corrected chi connectivity index (χ3v) is 13.5. The van der Waals surface area contributed by atoms with Gasteiger partial charge in [-0.2, -0.15) is 0 Å². The van der Waals surface area contributed by atoms with Crippen molar-refractivity contribution in [2.75, 3.05) is 0 Å². The minimum atomic E-state index is -0.933. The second-order valence-corrected chi connectivity index (χ2v) is 17.8. The van der Waals surface area contributed by atoms with E-state index in [1.54, 1.807) is 12.1 Å². The number of carboxylic acids is 1. The Morgan fingerprint density at radius 3 is 2.09 bits per heavy atom. The molecule has 2 saturated carbocycles. The lowest BCUT2D eigenvalue weighted by Crippen LogP contribution is -2.40. The summed E-state index contributed by atoms with van der Waals surface area (Å²) in [5.74, 6) is -1.05. The van der Waals surface area contributed by atoms with E-state index in [-0.39, 0.29) is 46.4 Å². The molecule has 6 nitrogen and oxygen atoms in total. The number of aromatic carboxylic acids is 1. The van der Waals surface area contributed by atoms with E-state index in [4.69, 9.17) is 16.3 Å². The molecule has 0 heterocycles. The highest BCUT2D eigenvalue weighted by Gasteiger charge is 2.42. The third kappa shape index (κ3) is 16.6. The zero-order valence-electron chi connectivity index (χ0n) is 35.5. The van der Waals surface area contributed by atoms with Crippen LogP contribution in [0.15, 0.2) is 42.5 Å². The normalized spacial score (nSPS) is 21.8. The summed E-state index contributed by atoms with van der Waals surface area (Å²) in [6, 6.07) is 5.29. The van der Waals surface area contributed by atoms with Crippen molar-refractivity contribution in [1.29, 1.82) is 0 Å². The van der Waals surface area contributed by atoms with E-state index in [2.05, 4.69) is 45.1 Å². The molecule has 0 saturated heterocycles. The smallest absolute Gasteiger partial charge is 0.335 e. The zero-order chi connectivity index (χ0) is 40.6. The van der Waals surface area contributed by atoms with Gasteiger partial charge in [0.2, 0.25) is 0 Å². The van der Waals surface area contributed by atoms with Gasteiger partial charge in [0.05, 0.1) is 17.8 Å². The number of unbranched alkanes of at least 4 members (excludes halogenated alkanes) is 14. The number of rotatable bonds is 31. The molecule has 1 unspecified atom stereocenters. The number of carbonyl (C=O) groups excluding carboxylic acids is 1. The first-order valence-corrected chi connectivity index (χ1v) is 23.5. The maximum Gasteiger partial charge on any atom is 0.335 e. The summed E-state index contributed by atoms with van der Waals surface area (Å²) in [5.41, 5.74) is 2.28. The van der Waals surface area contributed by atoms with Gasteiger partial charge in [0.1, 0.15) is 6.10 Å². The number of alkyl halides is 1. The molecule has 0 radical (unpaired) electrons. The molecule has 2 aliphatic rings. The van der Waals surface area contributed by atoms with Crippen LogP contribution >= 0.6 is 11.6 Å². The fraction of sp³-hybridized carbons (Fsp3) is 0.755. The molecule has 0 bridgehead atoms. The van der Waals surface area contributed by atoms with Gasteiger partial charge in [-0.3, -0.25) is 4.79 Å². The molecule has 1 aromatic rings. The number of aliphatic hydroxyl groups is 2. The molecule has 2 aliphatic carbocycles. The van der Waals surface area contributed by atoms with Crippen molar-refractivity contribution in [2.24, 2.45) is 17.3 Å². The summed E-state index contributed by atoms with van der Waals surface area (Å²) >= 11 is 6.69. The van der Waals surface area contributed by atoms with Crippen molar-refractivity contribution < 1.29 is 29.6 Å². The minimum Gasteiger partial charge on any atom is -0.478 e. The Labute approximate surface area is 346 Å². The Morgan fingerprint density at radius 2 is 1.52 bits per heavy atom. The quantitative estimate of drug-likeness (QED) is 0.0299. The number of allylic oxidation sites excluding steroid dienone is 2. The van der Waals surface area contributed by atoms with E-state index in [0.717, 1.165) is 68.9 Å². The Hall–Kier alpha value is -2.15.